The van der Waals surface area contributed by atoms with Gasteiger partial charge in [0.2, 0.25) is 0 Å². The molecule has 0 bridgehead atoms. The Morgan fingerprint density at radius 1 is 1.00 bits per heavy atom. The average Bonchev–Trinajstić information content (AvgIpc) is 3.01. The second kappa shape index (κ2) is 6.85. The van der Waals surface area contributed by atoms with Gasteiger partial charge in [-0.05, 0) is 51.3 Å². The molecule has 2 rings (SSSR count). The van der Waals surface area contributed by atoms with Crippen LogP contribution in [0.5, 0.6) is 0 Å². The highest BCUT2D eigenvalue weighted by Crippen LogP contribution is 2.18. The maximum Gasteiger partial charge on any atom is 0.0383 e. The number of hydrogen-bond donors (Lipinski definition) is 0. The highest BCUT2D eigenvalue weighted by Gasteiger charge is 2.18. The van der Waals surface area contributed by atoms with Crippen molar-refractivity contribution in [1.82, 2.24) is 9.80 Å². The van der Waals surface area contributed by atoms with E-state index in [-0.39, 0.29) is 0 Å². The van der Waals surface area contributed by atoms with Crippen LogP contribution in [0.1, 0.15) is 39.0 Å². The van der Waals surface area contributed by atoms with E-state index in [0.717, 1.165) is 13.0 Å². The number of allylic oxidation sites excluding steroid dienone is 3. The molecule has 2 fully saturated rings. The van der Waals surface area contributed by atoms with E-state index in [4.69, 9.17) is 0 Å². The van der Waals surface area contributed by atoms with E-state index in [1.165, 1.54) is 57.6 Å². The van der Waals surface area contributed by atoms with E-state index < -0.39 is 0 Å². The van der Waals surface area contributed by atoms with Crippen LogP contribution in [0.15, 0.2) is 23.9 Å². The molecule has 0 amide bonds. The molecule has 2 aliphatic heterocycles. The fraction of sp³-hybridized carbons (Fsp3) is 0.733. The van der Waals surface area contributed by atoms with Gasteiger partial charge in [0.15, 0.2) is 0 Å². The molecule has 2 heterocycles. The molecule has 0 spiro atoms. The molecule has 96 valence electrons. The second-order valence-electron chi connectivity index (χ2n) is 5.17. The van der Waals surface area contributed by atoms with E-state index in [1.54, 1.807) is 0 Å². The normalized spacial score (nSPS) is 23.1. The third kappa shape index (κ3) is 3.88. The second-order valence-corrected chi connectivity index (χ2v) is 5.17. The SMILES string of the molecule is CCC=CC=C(CN1CCCC1)N1CCCC1. The Hall–Kier alpha value is -0.760. The maximum absolute atomic E-state index is 2.60. The van der Waals surface area contributed by atoms with Gasteiger partial charge in [0, 0.05) is 25.3 Å². The van der Waals surface area contributed by atoms with Crippen LogP contribution < -0.4 is 0 Å². The fourth-order valence-electron chi connectivity index (χ4n) is 2.75. The zero-order chi connectivity index (χ0) is 11.9. The largest absolute Gasteiger partial charge is 0.374 e. The lowest BCUT2D eigenvalue weighted by atomic mass is 10.3. The molecule has 0 aromatic rings. The minimum atomic E-state index is 1.13. The van der Waals surface area contributed by atoms with Gasteiger partial charge in [-0.1, -0.05) is 19.1 Å². The third-order valence-corrected chi connectivity index (χ3v) is 3.76. The van der Waals surface area contributed by atoms with Crippen LogP contribution >= 0.6 is 0 Å². The van der Waals surface area contributed by atoms with E-state index in [9.17, 15) is 0 Å². The van der Waals surface area contributed by atoms with Gasteiger partial charge in [0.1, 0.15) is 0 Å². The van der Waals surface area contributed by atoms with E-state index in [0.29, 0.717) is 0 Å². The third-order valence-electron chi connectivity index (χ3n) is 3.76. The summed E-state index contributed by atoms with van der Waals surface area (Å²) >= 11 is 0. The highest BCUT2D eigenvalue weighted by atomic mass is 15.2. The van der Waals surface area contributed by atoms with Gasteiger partial charge in [0.05, 0.1) is 0 Å². The van der Waals surface area contributed by atoms with Crippen LogP contribution in [0.2, 0.25) is 0 Å². The van der Waals surface area contributed by atoms with Crippen LogP contribution in [-0.4, -0.2) is 42.5 Å². The van der Waals surface area contributed by atoms with Gasteiger partial charge in [-0.3, -0.25) is 4.90 Å². The zero-order valence-corrected chi connectivity index (χ0v) is 11.2. The fourth-order valence-corrected chi connectivity index (χ4v) is 2.75. The number of hydrogen-bond acceptors (Lipinski definition) is 2. The Morgan fingerprint density at radius 3 is 2.29 bits per heavy atom. The molecule has 0 aromatic heterocycles. The van der Waals surface area contributed by atoms with Gasteiger partial charge in [-0.2, -0.15) is 0 Å². The Labute approximate surface area is 106 Å². The minimum Gasteiger partial charge on any atom is -0.374 e. The molecule has 0 atom stereocenters. The van der Waals surface area contributed by atoms with Gasteiger partial charge in [0.25, 0.3) is 0 Å². The molecular weight excluding hydrogens is 208 g/mol. The van der Waals surface area contributed by atoms with Gasteiger partial charge in [-0.25, -0.2) is 0 Å². The number of rotatable bonds is 5. The molecule has 0 unspecified atom stereocenters. The Bertz CT molecular complexity index is 269. The minimum absolute atomic E-state index is 1.13. The molecule has 0 aliphatic carbocycles. The Balaban J connectivity index is 1.94. The lowest BCUT2D eigenvalue weighted by Gasteiger charge is -2.25. The summed E-state index contributed by atoms with van der Waals surface area (Å²) in [5, 5.41) is 0. The first-order valence-electron chi connectivity index (χ1n) is 7.23. The molecular formula is C15H26N2. The smallest absolute Gasteiger partial charge is 0.0383 e. The summed E-state index contributed by atoms with van der Waals surface area (Å²) in [7, 11) is 0. The van der Waals surface area contributed by atoms with E-state index >= 15 is 0 Å². The number of likely N-dealkylation sites (tertiary alicyclic amines) is 2. The first-order chi connectivity index (χ1) is 8.40. The summed E-state index contributed by atoms with van der Waals surface area (Å²) in [5.41, 5.74) is 1.54. The van der Waals surface area contributed by atoms with Crippen LogP contribution in [-0.2, 0) is 0 Å². The van der Waals surface area contributed by atoms with Crippen LogP contribution in [0.4, 0.5) is 0 Å². The van der Waals surface area contributed by atoms with Crippen molar-refractivity contribution in [3.8, 4) is 0 Å². The first kappa shape index (κ1) is 12.7. The lowest BCUT2D eigenvalue weighted by Crippen LogP contribution is -2.30. The van der Waals surface area contributed by atoms with Crippen molar-refractivity contribution >= 4 is 0 Å². The Kier molecular flexibility index (Phi) is 5.11. The summed E-state index contributed by atoms with van der Waals surface area (Å²) in [5.74, 6) is 0. The molecule has 2 saturated heterocycles. The molecule has 0 saturated carbocycles. The Morgan fingerprint density at radius 2 is 1.65 bits per heavy atom. The van der Waals surface area contributed by atoms with Crippen LogP contribution in [0.25, 0.3) is 0 Å². The summed E-state index contributed by atoms with van der Waals surface area (Å²) in [6.07, 6.45) is 13.5. The van der Waals surface area contributed by atoms with Crippen molar-refractivity contribution in [3.05, 3.63) is 23.9 Å². The van der Waals surface area contributed by atoms with Crippen molar-refractivity contribution in [1.29, 1.82) is 0 Å². The molecule has 2 aliphatic rings. The van der Waals surface area contributed by atoms with Crippen molar-refractivity contribution in [2.24, 2.45) is 0 Å². The topological polar surface area (TPSA) is 6.48 Å². The van der Waals surface area contributed by atoms with Crippen LogP contribution in [0.3, 0.4) is 0 Å². The molecule has 2 nitrogen and oxygen atoms in total. The van der Waals surface area contributed by atoms with Gasteiger partial charge >= 0.3 is 0 Å². The van der Waals surface area contributed by atoms with Crippen LogP contribution in [0, 0.1) is 0 Å². The summed E-state index contributed by atoms with van der Waals surface area (Å²) in [6.45, 7) is 8.47. The van der Waals surface area contributed by atoms with Crippen molar-refractivity contribution in [2.45, 2.75) is 39.0 Å². The highest BCUT2D eigenvalue weighted by molar-refractivity contribution is 5.14. The van der Waals surface area contributed by atoms with Crippen molar-refractivity contribution < 1.29 is 0 Å². The predicted octanol–water partition coefficient (Wildman–Crippen LogP) is 3.03. The molecule has 0 aromatic carbocycles. The van der Waals surface area contributed by atoms with E-state index in [1.807, 2.05) is 0 Å². The lowest BCUT2D eigenvalue weighted by molar-refractivity contribution is 0.311. The summed E-state index contributed by atoms with van der Waals surface area (Å²) < 4.78 is 0. The predicted molar refractivity (Wildman–Crippen MR) is 74.0 cm³/mol. The molecule has 17 heavy (non-hydrogen) atoms. The summed E-state index contributed by atoms with van der Waals surface area (Å²) in [4.78, 5) is 5.18. The zero-order valence-electron chi connectivity index (χ0n) is 11.2. The van der Waals surface area contributed by atoms with Crippen molar-refractivity contribution in [2.75, 3.05) is 32.7 Å². The van der Waals surface area contributed by atoms with E-state index in [2.05, 4.69) is 35.0 Å². The van der Waals surface area contributed by atoms with Gasteiger partial charge in [-0.15, -0.1) is 0 Å². The summed E-state index contributed by atoms with van der Waals surface area (Å²) in [6, 6.07) is 0. The molecule has 0 N–H and O–H groups in total. The quantitative estimate of drug-likeness (QED) is 0.675. The first-order valence-corrected chi connectivity index (χ1v) is 7.23. The maximum atomic E-state index is 2.60. The van der Waals surface area contributed by atoms with Crippen molar-refractivity contribution in [3.63, 3.8) is 0 Å². The average molecular weight is 234 g/mol. The van der Waals surface area contributed by atoms with Gasteiger partial charge < -0.3 is 4.90 Å². The molecule has 2 heteroatoms. The number of nitrogens with zero attached hydrogens (tertiary/aromatic N) is 2. The monoisotopic (exact) mass is 234 g/mol. The molecule has 0 radical (unpaired) electrons. The standard InChI is InChI=1S/C15H26N2/c1-2-3-4-9-15(17-12-7-8-13-17)14-16-10-5-6-11-16/h3-4,9H,2,5-8,10-14H2,1H3.